The summed E-state index contributed by atoms with van der Waals surface area (Å²) in [6.45, 7) is 16.5. The molecule has 0 aromatic carbocycles. The molecule has 1 nitrogen and oxygen atoms in total. The highest BCUT2D eigenvalue weighted by molar-refractivity contribution is 9.11. The summed E-state index contributed by atoms with van der Waals surface area (Å²) >= 11 is 3.59. The fourth-order valence-corrected chi connectivity index (χ4v) is 7.88. The van der Waals surface area contributed by atoms with Gasteiger partial charge in [0.15, 0.2) is 8.32 Å². The van der Waals surface area contributed by atoms with Crippen LogP contribution < -0.4 is 0 Å². The summed E-state index contributed by atoms with van der Waals surface area (Å²) in [4.78, 5) is 2.16. The molecule has 3 heteroatoms. The predicted octanol–water partition coefficient (Wildman–Crippen LogP) is 7.69. The molecule has 144 valence electrons. The fourth-order valence-electron chi connectivity index (χ4n) is 5.65. The minimum Gasteiger partial charge on any atom is -0.413 e. The molecule has 0 N–H and O–H groups in total. The Kier molecular flexibility index (Phi) is 6.88. The number of hydrogen-bond donors (Lipinski definition) is 0. The Morgan fingerprint density at radius 2 is 2.04 bits per heavy atom. The predicted molar refractivity (Wildman–Crippen MR) is 117 cm³/mol. The van der Waals surface area contributed by atoms with Crippen LogP contribution in [0.5, 0.6) is 0 Å². The van der Waals surface area contributed by atoms with E-state index in [1.165, 1.54) is 44.1 Å². The summed E-state index contributed by atoms with van der Waals surface area (Å²) < 4.78 is 6.38. The minimum atomic E-state index is -1.46. The van der Waals surface area contributed by atoms with E-state index in [0.29, 0.717) is 5.41 Å². The van der Waals surface area contributed by atoms with Gasteiger partial charge in [-0.25, -0.2) is 0 Å². The van der Waals surface area contributed by atoms with Gasteiger partial charge in [-0.1, -0.05) is 54.8 Å². The van der Waals surface area contributed by atoms with Crippen LogP contribution in [-0.2, 0) is 4.43 Å². The van der Waals surface area contributed by atoms with Crippen LogP contribution in [0.4, 0.5) is 0 Å². The van der Waals surface area contributed by atoms with Gasteiger partial charge in [0.25, 0.3) is 0 Å². The van der Waals surface area contributed by atoms with Gasteiger partial charge in [-0.2, -0.15) is 0 Å². The van der Waals surface area contributed by atoms with Crippen LogP contribution in [0, 0.1) is 23.2 Å². The Labute approximate surface area is 165 Å². The summed E-state index contributed by atoms with van der Waals surface area (Å²) in [5.74, 6) is 2.41. The van der Waals surface area contributed by atoms with E-state index < -0.39 is 8.32 Å². The molecular formula is C22H39BrOSi. The second kappa shape index (κ2) is 8.02. The first-order chi connectivity index (χ1) is 11.5. The quantitative estimate of drug-likeness (QED) is 0.378. The Morgan fingerprint density at radius 3 is 2.64 bits per heavy atom. The third-order valence-corrected chi connectivity index (χ3v) is 8.21. The largest absolute Gasteiger partial charge is 0.413 e. The molecule has 2 aliphatic rings. The summed E-state index contributed by atoms with van der Waals surface area (Å²) in [6, 6.07) is 0. The molecule has 0 spiro atoms. The molecule has 0 unspecified atom stereocenters. The van der Waals surface area contributed by atoms with Crippen molar-refractivity contribution < 1.29 is 4.43 Å². The maximum Gasteiger partial charge on any atom is 0.184 e. The highest BCUT2D eigenvalue weighted by Gasteiger charge is 2.49. The van der Waals surface area contributed by atoms with E-state index in [-0.39, 0.29) is 5.60 Å². The zero-order valence-electron chi connectivity index (χ0n) is 17.5. The Balaban J connectivity index is 1.92. The molecular weight excluding hydrogens is 388 g/mol. The number of allylic oxidation sites excluding steroid dienone is 3. The fraction of sp³-hybridized carbons (Fsp3) is 0.818. The van der Waals surface area contributed by atoms with Gasteiger partial charge in [0, 0.05) is 0 Å². The topological polar surface area (TPSA) is 9.23 Å². The maximum atomic E-state index is 6.38. The average molecular weight is 428 g/mol. The lowest BCUT2D eigenvalue weighted by Crippen LogP contribution is -2.38. The van der Waals surface area contributed by atoms with Crippen molar-refractivity contribution in [2.24, 2.45) is 23.2 Å². The summed E-state index contributed by atoms with van der Waals surface area (Å²) in [5, 5.41) is 0. The van der Waals surface area contributed by atoms with Crippen molar-refractivity contribution in [3.63, 3.8) is 0 Å². The molecule has 0 heterocycles. The van der Waals surface area contributed by atoms with E-state index in [2.05, 4.69) is 80.4 Å². The van der Waals surface area contributed by atoms with Crippen molar-refractivity contribution in [2.75, 3.05) is 0 Å². The molecule has 0 amide bonds. The van der Waals surface area contributed by atoms with E-state index >= 15 is 0 Å². The molecule has 1 fully saturated rings. The normalized spacial score (nSPS) is 32.9. The first kappa shape index (κ1) is 21.4. The number of halogens is 1. The third-order valence-electron chi connectivity index (χ3n) is 6.51. The van der Waals surface area contributed by atoms with Crippen LogP contribution in [0.1, 0.15) is 66.2 Å². The monoisotopic (exact) mass is 426 g/mol. The molecule has 0 aromatic heterocycles. The summed E-state index contributed by atoms with van der Waals surface area (Å²) in [5.41, 5.74) is 2.00. The van der Waals surface area contributed by atoms with Crippen LogP contribution in [0.3, 0.4) is 0 Å². The summed E-state index contributed by atoms with van der Waals surface area (Å²) in [6.07, 6.45) is 12.5. The van der Waals surface area contributed by atoms with Gasteiger partial charge in [-0.3, -0.25) is 0 Å². The van der Waals surface area contributed by atoms with E-state index in [0.717, 1.165) is 17.8 Å². The second-order valence-corrected chi connectivity index (χ2v) is 15.2. The Hall–Kier alpha value is 0.137. The van der Waals surface area contributed by atoms with Gasteiger partial charge in [-0.15, -0.1) is 0 Å². The zero-order chi connectivity index (χ0) is 18.9. The van der Waals surface area contributed by atoms with E-state index in [1.807, 2.05) is 0 Å². The molecule has 0 aliphatic heterocycles. The van der Waals surface area contributed by atoms with Crippen LogP contribution in [0.2, 0.25) is 19.6 Å². The number of fused-ring (bicyclic) bond motifs is 1. The maximum absolute atomic E-state index is 6.38. The van der Waals surface area contributed by atoms with Crippen LogP contribution in [0.25, 0.3) is 0 Å². The second-order valence-electron chi connectivity index (χ2n) is 10.3. The number of rotatable bonds is 7. The lowest BCUT2D eigenvalue weighted by molar-refractivity contribution is 0.0800. The molecule has 1 saturated carbocycles. The van der Waals surface area contributed by atoms with E-state index in [4.69, 9.17) is 4.43 Å². The standard InChI is InChI=1S/C22H39BrOSi/c1-17(10-8-14-21(2,3)24-25(5,6)7)19-12-13-20-18(16-23)11-9-15-22(19,20)4/h9,11,16-17,19-20H,8,10,12-15H2,1-7H3/b18-16+/t17-,19-,20+,22-/m1/s1. The van der Waals surface area contributed by atoms with Gasteiger partial charge < -0.3 is 4.43 Å². The Morgan fingerprint density at radius 1 is 1.36 bits per heavy atom. The Bertz CT molecular complexity index is 517. The smallest absolute Gasteiger partial charge is 0.184 e. The third kappa shape index (κ3) is 5.32. The molecule has 0 aromatic rings. The lowest BCUT2D eigenvalue weighted by Gasteiger charge is -2.42. The van der Waals surface area contributed by atoms with E-state index in [9.17, 15) is 0 Å². The van der Waals surface area contributed by atoms with Gasteiger partial charge in [0.05, 0.1) is 5.60 Å². The van der Waals surface area contributed by atoms with Crippen molar-refractivity contribution in [3.8, 4) is 0 Å². The highest BCUT2D eigenvalue weighted by Crippen LogP contribution is 2.58. The molecule has 0 radical (unpaired) electrons. The van der Waals surface area contributed by atoms with Crippen molar-refractivity contribution >= 4 is 24.2 Å². The van der Waals surface area contributed by atoms with Crippen LogP contribution in [-0.4, -0.2) is 13.9 Å². The molecule has 25 heavy (non-hydrogen) atoms. The lowest BCUT2D eigenvalue weighted by atomic mass is 9.63. The van der Waals surface area contributed by atoms with Crippen LogP contribution in [0.15, 0.2) is 22.7 Å². The van der Waals surface area contributed by atoms with Crippen molar-refractivity contribution in [3.05, 3.63) is 22.7 Å². The highest BCUT2D eigenvalue weighted by atomic mass is 79.9. The summed E-state index contributed by atoms with van der Waals surface area (Å²) in [7, 11) is -1.46. The molecule has 4 atom stereocenters. The van der Waals surface area contributed by atoms with Gasteiger partial charge >= 0.3 is 0 Å². The van der Waals surface area contributed by atoms with Crippen LogP contribution >= 0.6 is 15.9 Å². The molecule has 0 saturated heterocycles. The molecule has 2 aliphatic carbocycles. The molecule has 0 bridgehead atoms. The van der Waals surface area contributed by atoms with Crippen molar-refractivity contribution in [1.82, 2.24) is 0 Å². The first-order valence-corrected chi connectivity index (χ1v) is 14.5. The molecule has 2 rings (SSSR count). The van der Waals surface area contributed by atoms with Gasteiger partial charge in [0.1, 0.15) is 0 Å². The first-order valence-electron chi connectivity index (χ1n) is 10.2. The van der Waals surface area contributed by atoms with Crippen molar-refractivity contribution in [2.45, 2.75) is 91.5 Å². The van der Waals surface area contributed by atoms with Crippen molar-refractivity contribution in [1.29, 1.82) is 0 Å². The van der Waals surface area contributed by atoms with Gasteiger partial charge in [0.2, 0.25) is 0 Å². The average Bonchev–Trinajstić information content (AvgIpc) is 2.81. The van der Waals surface area contributed by atoms with Gasteiger partial charge in [-0.05, 0) is 92.9 Å². The van der Waals surface area contributed by atoms with E-state index in [1.54, 1.807) is 0 Å². The zero-order valence-corrected chi connectivity index (χ0v) is 20.1. The minimum absolute atomic E-state index is 0.0335. The number of hydrogen-bond acceptors (Lipinski definition) is 1. The SMILES string of the molecule is C[C@H](CCCC(C)(C)O[Si](C)(C)C)[C@H]1CC[C@H]2/C(=C/Br)C=CC[C@]12C.